The Kier molecular flexibility index (Phi) is 3.42. The lowest BCUT2D eigenvalue weighted by atomic mass is 9.93. The van der Waals surface area contributed by atoms with Crippen molar-refractivity contribution >= 4 is 22.2 Å². The van der Waals surface area contributed by atoms with Crippen molar-refractivity contribution in [2.75, 3.05) is 5.32 Å². The predicted molar refractivity (Wildman–Crippen MR) is 70.5 cm³/mol. The summed E-state index contributed by atoms with van der Waals surface area (Å²) in [5, 5.41) is 12.7. The molecule has 1 aliphatic heterocycles. The number of ether oxygens (including phenoxy) is 1. The van der Waals surface area contributed by atoms with Crippen molar-refractivity contribution in [2.45, 2.75) is 45.8 Å². The van der Waals surface area contributed by atoms with Crippen LogP contribution >= 0.6 is 11.3 Å². The number of amides is 1. The molecule has 18 heavy (non-hydrogen) atoms. The van der Waals surface area contributed by atoms with Gasteiger partial charge in [0.15, 0.2) is 0 Å². The Morgan fingerprint density at radius 3 is 2.94 bits per heavy atom. The lowest BCUT2D eigenvalue weighted by Crippen LogP contribution is -2.31. The van der Waals surface area contributed by atoms with Crippen LogP contribution in [0.4, 0.5) is 5.00 Å². The Labute approximate surface area is 111 Å². The van der Waals surface area contributed by atoms with Gasteiger partial charge in [0.25, 0.3) is 0 Å². The normalized spacial score (nSPS) is 16.8. The SMILES string of the molecule is CCC(=O)Nc1sc2c(c1C#N)CC(C)(C)OC2. The Balaban J connectivity index is 2.38. The smallest absolute Gasteiger partial charge is 0.224 e. The number of fused-ring (bicyclic) bond motifs is 1. The number of hydrogen-bond acceptors (Lipinski definition) is 4. The Hall–Kier alpha value is -1.38. The minimum Gasteiger partial charge on any atom is -0.370 e. The van der Waals surface area contributed by atoms with E-state index in [-0.39, 0.29) is 11.5 Å². The Morgan fingerprint density at radius 1 is 1.61 bits per heavy atom. The second kappa shape index (κ2) is 4.71. The molecule has 1 aliphatic rings. The van der Waals surface area contributed by atoms with Crippen molar-refractivity contribution in [3.8, 4) is 6.07 Å². The van der Waals surface area contributed by atoms with Crippen molar-refractivity contribution < 1.29 is 9.53 Å². The summed E-state index contributed by atoms with van der Waals surface area (Å²) in [5.74, 6) is -0.0646. The molecule has 0 bridgehead atoms. The van der Waals surface area contributed by atoms with Crippen LogP contribution in [0.2, 0.25) is 0 Å². The zero-order valence-electron chi connectivity index (χ0n) is 10.8. The second-order valence-corrected chi connectivity index (χ2v) is 6.05. The maximum atomic E-state index is 11.4. The predicted octanol–water partition coefficient (Wildman–Crippen LogP) is 2.82. The molecule has 0 radical (unpaired) electrons. The highest BCUT2D eigenvalue weighted by atomic mass is 32.1. The molecule has 4 nitrogen and oxygen atoms in total. The maximum absolute atomic E-state index is 11.4. The highest BCUT2D eigenvalue weighted by Crippen LogP contribution is 2.39. The summed E-state index contributed by atoms with van der Waals surface area (Å²) in [6.45, 7) is 6.34. The molecule has 0 aromatic carbocycles. The van der Waals surface area contributed by atoms with Crippen LogP contribution in [0, 0.1) is 11.3 Å². The van der Waals surface area contributed by atoms with E-state index in [9.17, 15) is 10.1 Å². The third-order valence-corrected chi connectivity index (χ3v) is 4.09. The van der Waals surface area contributed by atoms with Crippen LogP contribution in [-0.4, -0.2) is 11.5 Å². The van der Waals surface area contributed by atoms with Crippen molar-refractivity contribution in [3.05, 3.63) is 16.0 Å². The highest BCUT2D eigenvalue weighted by Gasteiger charge is 2.31. The van der Waals surface area contributed by atoms with Crippen LogP contribution in [0.3, 0.4) is 0 Å². The van der Waals surface area contributed by atoms with Gasteiger partial charge in [-0.2, -0.15) is 5.26 Å². The van der Waals surface area contributed by atoms with Crippen molar-refractivity contribution in [3.63, 3.8) is 0 Å². The first kappa shape index (κ1) is 13.1. The van der Waals surface area contributed by atoms with Gasteiger partial charge in [-0.25, -0.2) is 0 Å². The van der Waals surface area contributed by atoms with Crippen molar-refractivity contribution in [1.29, 1.82) is 5.26 Å². The van der Waals surface area contributed by atoms with Crippen LogP contribution in [0.25, 0.3) is 0 Å². The Morgan fingerprint density at radius 2 is 2.33 bits per heavy atom. The lowest BCUT2D eigenvalue weighted by Gasteiger charge is -2.29. The monoisotopic (exact) mass is 264 g/mol. The van der Waals surface area contributed by atoms with E-state index in [0.717, 1.165) is 10.4 Å². The summed E-state index contributed by atoms with van der Waals surface area (Å²) in [5.41, 5.74) is 1.39. The molecule has 0 aliphatic carbocycles. The van der Waals surface area contributed by atoms with E-state index in [1.807, 2.05) is 13.8 Å². The van der Waals surface area contributed by atoms with Crippen molar-refractivity contribution in [2.24, 2.45) is 0 Å². The minimum atomic E-state index is -0.244. The topological polar surface area (TPSA) is 62.1 Å². The van der Waals surface area contributed by atoms with Gasteiger partial charge in [-0.05, 0) is 19.4 Å². The van der Waals surface area contributed by atoms with Gasteiger partial charge in [-0.1, -0.05) is 6.92 Å². The molecule has 0 saturated carbocycles. The second-order valence-electron chi connectivity index (χ2n) is 4.95. The lowest BCUT2D eigenvalue weighted by molar-refractivity contribution is -0.115. The van der Waals surface area contributed by atoms with Crippen molar-refractivity contribution in [1.82, 2.24) is 0 Å². The van der Waals surface area contributed by atoms with E-state index >= 15 is 0 Å². The molecule has 1 N–H and O–H groups in total. The van der Waals surface area contributed by atoms with Crippen LogP contribution in [0.15, 0.2) is 0 Å². The van der Waals surface area contributed by atoms with E-state index in [2.05, 4.69) is 11.4 Å². The average molecular weight is 264 g/mol. The van der Waals surface area contributed by atoms with Gasteiger partial charge in [-0.3, -0.25) is 4.79 Å². The van der Waals surface area contributed by atoms with E-state index in [1.54, 1.807) is 6.92 Å². The molecule has 0 saturated heterocycles. The molecule has 0 fully saturated rings. The summed E-state index contributed by atoms with van der Waals surface area (Å²) in [7, 11) is 0. The molecule has 2 heterocycles. The summed E-state index contributed by atoms with van der Waals surface area (Å²) >= 11 is 1.45. The number of rotatable bonds is 2. The fourth-order valence-electron chi connectivity index (χ4n) is 1.97. The van der Waals surface area contributed by atoms with Crippen LogP contribution in [0.5, 0.6) is 0 Å². The quantitative estimate of drug-likeness (QED) is 0.893. The van der Waals surface area contributed by atoms with Gasteiger partial charge in [0.2, 0.25) is 5.91 Å². The van der Waals surface area contributed by atoms with Gasteiger partial charge >= 0.3 is 0 Å². The fraction of sp³-hybridized carbons (Fsp3) is 0.538. The average Bonchev–Trinajstić information content (AvgIpc) is 2.64. The standard InChI is InChI=1S/C13H16N2O2S/c1-4-11(16)15-12-9(6-14)8-5-13(2,3)17-7-10(8)18-12/h4-5,7H2,1-3H3,(H,15,16). The highest BCUT2D eigenvalue weighted by molar-refractivity contribution is 7.16. The first-order valence-corrected chi connectivity index (χ1v) is 6.77. The van der Waals surface area contributed by atoms with Gasteiger partial charge in [0.1, 0.15) is 11.1 Å². The number of thiophene rings is 1. The number of nitrogens with one attached hydrogen (secondary N) is 1. The number of hydrogen-bond donors (Lipinski definition) is 1. The van der Waals surface area contributed by atoms with E-state index in [4.69, 9.17) is 4.74 Å². The molecule has 1 aromatic rings. The van der Waals surface area contributed by atoms with Gasteiger partial charge in [-0.15, -0.1) is 11.3 Å². The molecule has 0 unspecified atom stereocenters. The number of carbonyl (C=O) groups is 1. The minimum absolute atomic E-state index is 0.0646. The fourth-order valence-corrected chi connectivity index (χ4v) is 3.07. The van der Waals surface area contributed by atoms with E-state index < -0.39 is 0 Å². The van der Waals surface area contributed by atoms with Gasteiger partial charge in [0.05, 0.1) is 17.8 Å². The molecular weight excluding hydrogens is 248 g/mol. The third kappa shape index (κ3) is 2.40. The van der Waals surface area contributed by atoms with Gasteiger partial charge < -0.3 is 10.1 Å². The van der Waals surface area contributed by atoms with Gasteiger partial charge in [0, 0.05) is 17.7 Å². The number of nitriles is 1. The summed E-state index contributed by atoms with van der Waals surface area (Å²) in [6, 6.07) is 2.21. The molecule has 0 spiro atoms. The molecular formula is C13H16N2O2S. The number of carbonyl (C=O) groups excluding carboxylic acids is 1. The first-order valence-electron chi connectivity index (χ1n) is 5.95. The number of anilines is 1. The first-order chi connectivity index (χ1) is 8.46. The van der Waals surface area contributed by atoms with Crippen LogP contribution in [0.1, 0.15) is 43.2 Å². The molecule has 5 heteroatoms. The molecule has 2 rings (SSSR count). The molecule has 0 atom stereocenters. The number of nitrogens with zero attached hydrogens (tertiary/aromatic N) is 1. The largest absolute Gasteiger partial charge is 0.370 e. The summed E-state index contributed by atoms with van der Waals surface area (Å²) in [4.78, 5) is 12.5. The zero-order valence-corrected chi connectivity index (χ0v) is 11.6. The van der Waals surface area contributed by atoms with Crippen LogP contribution in [-0.2, 0) is 22.6 Å². The zero-order chi connectivity index (χ0) is 13.3. The third-order valence-electron chi connectivity index (χ3n) is 2.97. The summed E-state index contributed by atoms with van der Waals surface area (Å²) in [6.07, 6.45) is 1.12. The molecule has 1 aromatic heterocycles. The summed E-state index contributed by atoms with van der Waals surface area (Å²) < 4.78 is 5.72. The van der Waals surface area contributed by atoms with E-state index in [0.29, 0.717) is 30.0 Å². The Bertz CT molecular complexity index is 526. The maximum Gasteiger partial charge on any atom is 0.224 e. The van der Waals surface area contributed by atoms with Crippen LogP contribution < -0.4 is 5.32 Å². The molecule has 1 amide bonds. The van der Waals surface area contributed by atoms with E-state index in [1.165, 1.54) is 11.3 Å². The molecule has 96 valence electrons.